The largest absolute Gasteiger partial charge is 0.433 e. The smallest absolute Gasteiger partial charge is 0.356 e. The van der Waals surface area contributed by atoms with E-state index < -0.39 is 11.9 Å². The van der Waals surface area contributed by atoms with Gasteiger partial charge in [0.1, 0.15) is 5.82 Å². The third-order valence-electron chi connectivity index (χ3n) is 5.76. The summed E-state index contributed by atoms with van der Waals surface area (Å²) in [6, 6.07) is 4.31. The molecule has 2 aliphatic rings. The van der Waals surface area contributed by atoms with E-state index in [0.29, 0.717) is 31.0 Å². The molecule has 4 rings (SSSR count). The van der Waals surface area contributed by atoms with Crippen molar-refractivity contribution in [3.63, 3.8) is 0 Å². The molecule has 0 unspecified atom stereocenters. The number of nitrogens with zero attached hydrogens (tertiary/aromatic N) is 5. The van der Waals surface area contributed by atoms with Gasteiger partial charge in [-0.2, -0.15) is 13.2 Å². The first-order valence-corrected chi connectivity index (χ1v) is 10.3. The van der Waals surface area contributed by atoms with E-state index >= 15 is 0 Å². The lowest BCUT2D eigenvalue weighted by Crippen LogP contribution is -2.43. The normalized spacial score (nSPS) is 18.7. The molecule has 4 heterocycles. The second-order valence-electron chi connectivity index (χ2n) is 7.90. The fourth-order valence-corrected chi connectivity index (χ4v) is 4.08. The Labute approximate surface area is 173 Å². The van der Waals surface area contributed by atoms with Crippen LogP contribution in [-0.2, 0) is 11.0 Å². The summed E-state index contributed by atoms with van der Waals surface area (Å²) in [5.74, 6) is 0.887. The maximum atomic E-state index is 13.4. The van der Waals surface area contributed by atoms with Gasteiger partial charge in [0.25, 0.3) is 0 Å². The van der Waals surface area contributed by atoms with Gasteiger partial charge in [-0.3, -0.25) is 9.78 Å². The van der Waals surface area contributed by atoms with Gasteiger partial charge in [0.15, 0.2) is 11.5 Å². The summed E-state index contributed by atoms with van der Waals surface area (Å²) in [7, 11) is 0. The SMILES string of the molecule is O=C1CCCCN1CC1CCN(c2cc(C(F)(F)F)nc(-c3cccnc3)n2)CC1. The quantitative estimate of drug-likeness (QED) is 0.755. The minimum Gasteiger partial charge on any atom is -0.356 e. The number of anilines is 1. The number of hydrogen-bond acceptors (Lipinski definition) is 5. The van der Waals surface area contributed by atoms with E-state index in [1.54, 1.807) is 18.3 Å². The first kappa shape index (κ1) is 20.6. The fraction of sp³-hybridized carbons (Fsp3) is 0.524. The maximum Gasteiger partial charge on any atom is 0.433 e. The second kappa shape index (κ2) is 8.57. The lowest BCUT2D eigenvalue weighted by Gasteiger charge is -2.36. The van der Waals surface area contributed by atoms with Crippen molar-refractivity contribution in [2.45, 2.75) is 38.3 Å². The van der Waals surface area contributed by atoms with Gasteiger partial charge in [0.2, 0.25) is 5.91 Å². The average molecular weight is 419 g/mol. The maximum absolute atomic E-state index is 13.4. The van der Waals surface area contributed by atoms with E-state index in [1.165, 1.54) is 6.20 Å². The van der Waals surface area contributed by atoms with Crippen LogP contribution >= 0.6 is 0 Å². The van der Waals surface area contributed by atoms with E-state index in [-0.39, 0.29) is 17.5 Å². The summed E-state index contributed by atoms with van der Waals surface area (Å²) in [5, 5.41) is 0. The van der Waals surface area contributed by atoms with Crippen LogP contribution in [0.5, 0.6) is 0 Å². The van der Waals surface area contributed by atoms with Crippen LogP contribution in [0.15, 0.2) is 30.6 Å². The summed E-state index contributed by atoms with van der Waals surface area (Å²) in [4.78, 5) is 28.0. The molecular formula is C21H24F3N5O. The number of carbonyl (C=O) groups is 1. The number of piperidine rings is 2. The molecule has 0 bridgehead atoms. The minimum atomic E-state index is -4.55. The fourth-order valence-electron chi connectivity index (χ4n) is 4.08. The Kier molecular flexibility index (Phi) is 5.87. The molecule has 0 atom stereocenters. The lowest BCUT2D eigenvalue weighted by molar-refractivity contribution is -0.141. The van der Waals surface area contributed by atoms with Crippen molar-refractivity contribution in [1.82, 2.24) is 19.9 Å². The first-order chi connectivity index (χ1) is 14.4. The highest BCUT2D eigenvalue weighted by Gasteiger charge is 2.35. The number of halogens is 3. The van der Waals surface area contributed by atoms with E-state index in [1.807, 2.05) is 9.80 Å². The molecule has 0 saturated carbocycles. The van der Waals surface area contributed by atoms with Crippen molar-refractivity contribution in [3.05, 3.63) is 36.3 Å². The van der Waals surface area contributed by atoms with E-state index in [0.717, 1.165) is 44.8 Å². The zero-order valence-electron chi connectivity index (χ0n) is 16.6. The molecule has 0 N–H and O–H groups in total. The molecule has 2 saturated heterocycles. The van der Waals surface area contributed by atoms with Crippen molar-refractivity contribution in [2.75, 3.05) is 31.1 Å². The molecule has 6 nitrogen and oxygen atoms in total. The van der Waals surface area contributed by atoms with E-state index in [2.05, 4.69) is 15.0 Å². The minimum absolute atomic E-state index is 0.0222. The van der Waals surface area contributed by atoms with Crippen molar-refractivity contribution in [1.29, 1.82) is 0 Å². The summed E-state index contributed by atoms with van der Waals surface area (Å²) in [6.45, 7) is 2.76. The van der Waals surface area contributed by atoms with E-state index in [4.69, 9.17) is 0 Å². The van der Waals surface area contributed by atoms with Crippen molar-refractivity contribution >= 4 is 11.7 Å². The number of amides is 1. The molecule has 160 valence electrons. The number of aromatic nitrogens is 3. The summed E-state index contributed by atoms with van der Waals surface area (Å²) in [6.07, 6.45) is 2.72. The van der Waals surface area contributed by atoms with Gasteiger partial charge in [0, 0.05) is 56.6 Å². The van der Waals surface area contributed by atoms with E-state index in [9.17, 15) is 18.0 Å². The zero-order chi connectivity index (χ0) is 21.1. The average Bonchev–Trinajstić information content (AvgIpc) is 2.76. The predicted octanol–water partition coefficient (Wildman–Crippen LogP) is 3.79. The standard InChI is InChI=1S/C21H24F3N5O/c22-21(23,24)17-12-18(27-20(26-17)16-4-3-8-25-13-16)28-10-6-15(7-11-28)14-29-9-2-1-5-19(29)30/h3-4,8,12-13,15H,1-2,5-7,9-11,14H2. The molecule has 1 amide bonds. The van der Waals surface area contributed by atoms with Gasteiger partial charge in [0.05, 0.1) is 0 Å². The molecule has 2 fully saturated rings. The molecule has 30 heavy (non-hydrogen) atoms. The predicted molar refractivity (Wildman–Crippen MR) is 106 cm³/mol. The number of likely N-dealkylation sites (tertiary alicyclic amines) is 1. The Hall–Kier alpha value is -2.71. The lowest BCUT2D eigenvalue weighted by atomic mass is 9.95. The Morgan fingerprint density at radius 3 is 2.57 bits per heavy atom. The van der Waals surface area contributed by atoms with Crippen LogP contribution in [0, 0.1) is 5.92 Å². The van der Waals surface area contributed by atoms with Crippen molar-refractivity contribution in [2.24, 2.45) is 5.92 Å². The summed E-state index contributed by atoms with van der Waals surface area (Å²) in [5.41, 5.74) is -0.504. The van der Waals surface area contributed by atoms with Crippen LogP contribution in [0.1, 0.15) is 37.8 Å². The third-order valence-corrected chi connectivity index (χ3v) is 5.76. The zero-order valence-corrected chi connectivity index (χ0v) is 16.6. The molecule has 2 aromatic heterocycles. The Morgan fingerprint density at radius 2 is 1.90 bits per heavy atom. The topological polar surface area (TPSA) is 62.2 Å². The molecular weight excluding hydrogens is 395 g/mol. The van der Waals surface area contributed by atoms with Gasteiger partial charge in [-0.05, 0) is 43.7 Å². The van der Waals surface area contributed by atoms with Gasteiger partial charge in [-0.1, -0.05) is 0 Å². The molecule has 0 aliphatic carbocycles. The molecule has 0 spiro atoms. The molecule has 0 radical (unpaired) electrons. The van der Waals surface area contributed by atoms with Gasteiger partial charge in [-0.25, -0.2) is 9.97 Å². The Morgan fingerprint density at radius 1 is 1.10 bits per heavy atom. The summed E-state index contributed by atoms with van der Waals surface area (Å²) >= 11 is 0. The molecule has 2 aromatic rings. The van der Waals surface area contributed by atoms with Gasteiger partial charge < -0.3 is 9.80 Å². The number of pyridine rings is 1. The Bertz CT molecular complexity index is 882. The van der Waals surface area contributed by atoms with Crippen LogP contribution in [0.3, 0.4) is 0 Å². The van der Waals surface area contributed by atoms with Crippen molar-refractivity contribution < 1.29 is 18.0 Å². The molecule has 9 heteroatoms. The number of hydrogen-bond donors (Lipinski definition) is 0. The molecule has 0 aromatic carbocycles. The number of alkyl halides is 3. The van der Waals surface area contributed by atoms with Gasteiger partial charge in [-0.15, -0.1) is 0 Å². The second-order valence-corrected chi connectivity index (χ2v) is 7.90. The highest BCUT2D eigenvalue weighted by Crippen LogP contribution is 2.33. The molecule has 2 aliphatic heterocycles. The number of rotatable bonds is 4. The van der Waals surface area contributed by atoms with Crippen molar-refractivity contribution in [3.8, 4) is 11.4 Å². The van der Waals surface area contributed by atoms with Crippen LogP contribution in [-0.4, -0.2) is 51.9 Å². The highest BCUT2D eigenvalue weighted by atomic mass is 19.4. The van der Waals surface area contributed by atoms with Crippen LogP contribution in [0.4, 0.5) is 19.0 Å². The third kappa shape index (κ3) is 4.71. The number of carbonyl (C=O) groups excluding carboxylic acids is 1. The van der Waals surface area contributed by atoms with Crippen LogP contribution in [0.2, 0.25) is 0 Å². The Balaban J connectivity index is 1.49. The highest BCUT2D eigenvalue weighted by molar-refractivity contribution is 5.76. The van der Waals surface area contributed by atoms with Crippen LogP contribution in [0.25, 0.3) is 11.4 Å². The monoisotopic (exact) mass is 419 g/mol. The first-order valence-electron chi connectivity index (χ1n) is 10.3. The van der Waals surface area contributed by atoms with Gasteiger partial charge >= 0.3 is 6.18 Å². The van der Waals surface area contributed by atoms with Crippen LogP contribution < -0.4 is 4.90 Å². The summed E-state index contributed by atoms with van der Waals surface area (Å²) < 4.78 is 40.3.